The zero-order valence-electron chi connectivity index (χ0n) is 11.7. The number of carbonyl (C=O) groups excluding carboxylic acids is 1. The van der Waals surface area contributed by atoms with Crippen LogP contribution in [0.15, 0.2) is 22.7 Å². The molecule has 19 heavy (non-hydrogen) atoms. The Morgan fingerprint density at radius 2 is 1.95 bits per heavy atom. The van der Waals surface area contributed by atoms with Crippen LogP contribution in [-0.4, -0.2) is 17.3 Å². The summed E-state index contributed by atoms with van der Waals surface area (Å²) < 4.78 is 0.997. The van der Waals surface area contributed by atoms with Crippen molar-refractivity contribution in [3.63, 3.8) is 0 Å². The summed E-state index contributed by atoms with van der Waals surface area (Å²) in [5, 5.41) is 3.01. The molecule has 0 saturated carbocycles. The van der Waals surface area contributed by atoms with Crippen LogP contribution in [0.5, 0.6) is 0 Å². The molecule has 1 aromatic rings. The largest absolute Gasteiger partial charge is 0.351 e. The van der Waals surface area contributed by atoms with Gasteiger partial charge in [0.2, 0.25) is 0 Å². The molecule has 1 N–H and O–H groups in total. The SMILES string of the molecule is CCC(CC)C(Br)CNC(=O)c1ccc(Br)cc1C. The highest BCUT2D eigenvalue weighted by Gasteiger charge is 2.17. The van der Waals surface area contributed by atoms with E-state index in [4.69, 9.17) is 0 Å². The van der Waals surface area contributed by atoms with E-state index < -0.39 is 0 Å². The molecule has 1 unspecified atom stereocenters. The molecule has 1 atom stereocenters. The number of amides is 1. The van der Waals surface area contributed by atoms with Gasteiger partial charge in [-0.25, -0.2) is 0 Å². The number of rotatable bonds is 6. The van der Waals surface area contributed by atoms with Crippen LogP contribution in [0.1, 0.15) is 42.6 Å². The zero-order valence-corrected chi connectivity index (χ0v) is 14.8. The fourth-order valence-corrected chi connectivity index (χ4v) is 3.52. The first-order valence-electron chi connectivity index (χ1n) is 6.68. The summed E-state index contributed by atoms with van der Waals surface area (Å²) in [6.07, 6.45) is 2.25. The van der Waals surface area contributed by atoms with E-state index in [0.717, 1.165) is 28.4 Å². The molecule has 1 rings (SSSR count). The Hall–Kier alpha value is -0.350. The van der Waals surface area contributed by atoms with Gasteiger partial charge < -0.3 is 5.32 Å². The third-order valence-electron chi connectivity index (χ3n) is 3.45. The Kier molecular flexibility index (Phi) is 7.08. The average molecular weight is 391 g/mol. The maximum absolute atomic E-state index is 12.1. The number of hydrogen-bond acceptors (Lipinski definition) is 1. The van der Waals surface area contributed by atoms with Crippen LogP contribution >= 0.6 is 31.9 Å². The second kappa shape index (κ2) is 8.05. The van der Waals surface area contributed by atoms with Crippen LogP contribution in [0.4, 0.5) is 0 Å². The predicted octanol–water partition coefficient (Wildman–Crippen LogP) is 4.69. The summed E-state index contributed by atoms with van der Waals surface area (Å²) in [7, 11) is 0. The van der Waals surface area contributed by atoms with Gasteiger partial charge in [-0.3, -0.25) is 4.79 Å². The number of hydrogen-bond donors (Lipinski definition) is 1. The first-order chi connectivity index (χ1) is 8.99. The van der Waals surface area contributed by atoms with Gasteiger partial charge in [-0.2, -0.15) is 0 Å². The first-order valence-corrected chi connectivity index (χ1v) is 8.38. The maximum Gasteiger partial charge on any atom is 0.251 e. The van der Waals surface area contributed by atoms with Crippen LogP contribution < -0.4 is 5.32 Å². The molecule has 0 bridgehead atoms. The smallest absolute Gasteiger partial charge is 0.251 e. The Bertz CT molecular complexity index is 430. The van der Waals surface area contributed by atoms with Crippen molar-refractivity contribution in [3.8, 4) is 0 Å². The quantitative estimate of drug-likeness (QED) is 0.701. The summed E-state index contributed by atoms with van der Waals surface area (Å²) in [4.78, 5) is 12.5. The maximum atomic E-state index is 12.1. The van der Waals surface area contributed by atoms with Crippen molar-refractivity contribution in [2.45, 2.75) is 38.4 Å². The van der Waals surface area contributed by atoms with Crippen LogP contribution in [0.2, 0.25) is 0 Å². The highest BCUT2D eigenvalue weighted by atomic mass is 79.9. The fraction of sp³-hybridized carbons (Fsp3) is 0.533. The molecule has 0 spiro atoms. The molecular formula is C15H21Br2NO. The van der Waals surface area contributed by atoms with Crippen molar-refractivity contribution in [2.75, 3.05) is 6.54 Å². The van der Waals surface area contributed by atoms with Crippen LogP contribution in [0, 0.1) is 12.8 Å². The summed E-state index contributed by atoms with van der Waals surface area (Å²) in [5.41, 5.74) is 1.73. The normalized spacial score (nSPS) is 12.5. The van der Waals surface area contributed by atoms with Gasteiger partial charge in [0.1, 0.15) is 0 Å². The van der Waals surface area contributed by atoms with Gasteiger partial charge in [0.25, 0.3) is 5.91 Å². The lowest BCUT2D eigenvalue weighted by atomic mass is 9.99. The van der Waals surface area contributed by atoms with E-state index in [1.165, 1.54) is 0 Å². The van der Waals surface area contributed by atoms with Crippen LogP contribution in [0.25, 0.3) is 0 Å². The van der Waals surface area contributed by atoms with Gasteiger partial charge in [0.15, 0.2) is 0 Å². The molecule has 0 aromatic heterocycles. The molecule has 4 heteroatoms. The van der Waals surface area contributed by atoms with E-state index in [1.807, 2.05) is 25.1 Å². The minimum Gasteiger partial charge on any atom is -0.351 e. The topological polar surface area (TPSA) is 29.1 Å². The Morgan fingerprint density at radius 1 is 1.32 bits per heavy atom. The summed E-state index contributed by atoms with van der Waals surface area (Å²) in [6.45, 7) is 6.99. The van der Waals surface area contributed by atoms with E-state index in [0.29, 0.717) is 17.3 Å². The minimum atomic E-state index is 0.000376. The molecule has 1 aromatic carbocycles. The summed E-state index contributed by atoms with van der Waals surface area (Å²) in [5.74, 6) is 0.603. The van der Waals surface area contributed by atoms with Crippen molar-refractivity contribution in [1.29, 1.82) is 0 Å². The molecule has 0 aliphatic rings. The molecular weight excluding hydrogens is 370 g/mol. The molecule has 0 saturated heterocycles. The second-order valence-electron chi connectivity index (χ2n) is 4.76. The average Bonchev–Trinajstić information content (AvgIpc) is 2.37. The second-order valence-corrected chi connectivity index (χ2v) is 6.85. The van der Waals surface area contributed by atoms with E-state index in [1.54, 1.807) is 0 Å². The van der Waals surface area contributed by atoms with Gasteiger partial charge >= 0.3 is 0 Å². The molecule has 0 aliphatic heterocycles. The molecule has 0 heterocycles. The van der Waals surface area contributed by atoms with Gasteiger partial charge in [0.05, 0.1) is 0 Å². The number of carbonyl (C=O) groups is 1. The Balaban J connectivity index is 2.60. The number of benzene rings is 1. The first kappa shape index (κ1) is 16.7. The lowest BCUT2D eigenvalue weighted by molar-refractivity contribution is 0.0951. The Labute approximate surface area is 132 Å². The number of aryl methyl sites for hydroxylation is 1. The lowest BCUT2D eigenvalue weighted by Crippen LogP contribution is -2.33. The summed E-state index contributed by atoms with van der Waals surface area (Å²) >= 11 is 7.08. The van der Waals surface area contributed by atoms with Gasteiger partial charge in [-0.05, 0) is 36.6 Å². The predicted molar refractivity (Wildman–Crippen MR) is 88.0 cm³/mol. The highest BCUT2D eigenvalue weighted by Crippen LogP contribution is 2.20. The third kappa shape index (κ3) is 4.92. The number of nitrogens with one attached hydrogen (secondary N) is 1. The van der Waals surface area contributed by atoms with E-state index in [9.17, 15) is 4.79 Å². The minimum absolute atomic E-state index is 0.000376. The highest BCUT2D eigenvalue weighted by molar-refractivity contribution is 9.10. The molecule has 0 aliphatic carbocycles. The molecule has 0 radical (unpaired) electrons. The number of alkyl halides is 1. The van der Waals surface area contributed by atoms with Gasteiger partial charge in [-0.1, -0.05) is 58.5 Å². The van der Waals surface area contributed by atoms with E-state index in [-0.39, 0.29) is 5.91 Å². The lowest BCUT2D eigenvalue weighted by Gasteiger charge is -2.20. The van der Waals surface area contributed by atoms with Crippen LogP contribution in [-0.2, 0) is 0 Å². The van der Waals surface area contributed by atoms with Crippen LogP contribution in [0.3, 0.4) is 0 Å². The molecule has 2 nitrogen and oxygen atoms in total. The van der Waals surface area contributed by atoms with Gasteiger partial charge in [0, 0.05) is 21.4 Å². The fourth-order valence-electron chi connectivity index (χ4n) is 2.13. The molecule has 1 amide bonds. The molecule has 0 fully saturated rings. The Morgan fingerprint density at radius 3 is 2.47 bits per heavy atom. The van der Waals surface area contributed by atoms with Crippen molar-refractivity contribution in [1.82, 2.24) is 5.32 Å². The van der Waals surface area contributed by atoms with Crippen molar-refractivity contribution in [3.05, 3.63) is 33.8 Å². The van der Waals surface area contributed by atoms with E-state index in [2.05, 4.69) is 51.0 Å². The summed E-state index contributed by atoms with van der Waals surface area (Å²) in [6, 6.07) is 5.71. The standard InChI is InChI=1S/C15H21Br2NO/c1-4-11(5-2)14(17)9-18-15(19)13-7-6-12(16)8-10(13)3/h6-8,11,14H,4-5,9H2,1-3H3,(H,18,19). The molecule has 106 valence electrons. The van der Waals surface area contributed by atoms with Crippen molar-refractivity contribution < 1.29 is 4.79 Å². The zero-order chi connectivity index (χ0) is 14.4. The van der Waals surface area contributed by atoms with Crippen molar-refractivity contribution in [2.24, 2.45) is 5.92 Å². The van der Waals surface area contributed by atoms with E-state index >= 15 is 0 Å². The monoisotopic (exact) mass is 389 g/mol. The van der Waals surface area contributed by atoms with Gasteiger partial charge in [-0.15, -0.1) is 0 Å². The number of halogens is 2. The third-order valence-corrected chi connectivity index (χ3v) is 5.02. The van der Waals surface area contributed by atoms with Crippen molar-refractivity contribution >= 4 is 37.8 Å².